The lowest BCUT2D eigenvalue weighted by Gasteiger charge is -2.12. The lowest BCUT2D eigenvalue weighted by molar-refractivity contribution is -0.114. The fourth-order valence-corrected chi connectivity index (χ4v) is 4.69. The molecule has 0 heterocycles. The number of hydrogen-bond donors (Lipinski definition) is 3. The molecule has 40 heavy (non-hydrogen) atoms. The van der Waals surface area contributed by atoms with E-state index in [0.717, 1.165) is 16.1 Å². The standard InChI is InChI=1S/C31H25Cl2N3O3S/c1-20-7-11-24(12-8-20)34-29(37)19-40-26-15-13-25(14-16-26)35-31(39)28(17-22-9-10-23(32)18-27(22)33)36-30(38)21-5-3-2-4-6-21/h2-18H,19H2,1H3,(H,34,37)(H,35,39)(H,36,38)/b28-17-. The van der Waals surface area contributed by atoms with Crippen LogP contribution >= 0.6 is 35.0 Å². The van der Waals surface area contributed by atoms with Gasteiger partial charge in [0.05, 0.1) is 5.75 Å². The van der Waals surface area contributed by atoms with Gasteiger partial charge in [-0.15, -0.1) is 11.8 Å². The molecule has 0 aromatic heterocycles. The number of thioether (sulfide) groups is 1. The van der Waals surface area contributed by atoms with Gasteiger partial charge in [0, 0.05) is 31.9 Å². The topological polar surface area (TPSA) is 87.3 Å². The Bertz CT molecular complexity index is 1540. The van der Waals surface area contributed by atoms with E-state index in [4.69, 9.17) is 23.2 Å². The smallest absolute Gasteiger partial charge is 0.272 e. The molecule has 0 unspecified atom stereocenters. The van der Waals surface area contributed by atoms with Crippen LogP contribution in [0.3, 0.4) is 0 Å². The first-order valence-corrected chi connectivity index (χ1v) is 13.9. The zero-order valence-corrected chi connectivity index (χ0v) is 23.7. The molecule has 0 spiro atoms. The predicted octanol–water partition coefficient (Wildman–Crippen LogP) is 7.44. The molecule has 9 heteroatoms. The van der Waals surface area contributed by atoms with Gasteiger partial charge in [-0.2, -0.15) is 0 Å². The molecule has 0 bridgehead atoms. The Balaban J connectivity index is 1.42. The van der Waals surface area contributed by atoms with Crippen molar-refractivity contribution in [1.82, 2.24) is 5.32 Å². The number of amides is 3. The van der Waals surface area contributed by atoms with E-state index in [1.807, 2.05) is 31.2 Å². The second-order valence-electron chi connectivity index (χ2n) is 8.73. The Kier molecular flexibility index (Phi) is 10.0. The van der Waals surface area contributed by atoms with E-state index in [9.17, 15) is 14.4 Å². The Morgan fingerprint density at radius 2 is 1.45 bits per heavy atom. The maximum Gasteiger partial charge on any atom is 0.272 e. The van der Waals surface area contributed by atoms with Crippen LogP contribution in [0.5, 0.6) is 0 Å². The SMILES string of the molecule is Cc1ccc(NC(=O)CSc2ccc(NC(=O)/C(=C/c3ccc(Cl)cc3Cl)NC(=O)c3ccccc3)cc2)cc1. The molecule has 0 radical (unpaired) electrons. The molecule has 0 saturated heterocycles. The van der Waals surface area contributed by atoms with Crippen LogP contribution in [0.15, 0.2) is 108 Å². The minimum Gasteiger partial charge on any atom is -0.325 e. The third-order valence-corrected chi connectivity index (χ3v) is 7.18. The van der Waals surface area contributed by atoms with Crippen molar-refractivity contribution < 1.29 is 14.4 Å². The van der Waals surface area contributed by atoms with E-state index in [2.05, 4.69) is 16.0 Å². The third-order valence-electron chi connectivity index (χ3n) is 5.61. The molecule has 4 aromatic carbocycles. The van der Waals surface area contributed by atoms with Gasteiger partial charge in [0.2, 0.25) is 5.91 Å². The normalized spacial score (nSPS) is 11.0. The summed E-state index contributed by atoms with van der Waals surface area (Å²) in [7, 11) is 0. The number of rotatable bonds is 9. The molecule has 3 amide bonds. The third kappa shape index (κ3) is 8.48. The average Bonchev–Trinajstić information content (AvgIpc) is 2.95. The molecular weight excluding hydrogens is 565 g/mol. The van der Waals surface area contributed by atoms with E-state index in [1.165, 1.54) is 17.8 Å². The molecule has 0 aliphatic heterocycles. The second kappa shape index (κ2) is 13.8. The maximum absolute atomic E-state index is 13.2. The van der Waals surface area contributed by atoms with Gasteiger partial charge >= 0.3 is 0 Å². The van der Waals surface area contributed by atoms with Gasteiger partial charge in [-0.25, -0.2) is 0 Å². The van der Waals surface area contributed by atoms with E-state index in [0.29, 0.717) is 26.9 Å². The van der Waals surface area contributed by atoms with Crippen LogP contribution in [-0.2, 0) is 9.59 Å². The van der Waals surface area contributed by atoms with Gasteiger partial charge in [0.1, 0.15) is 5.70 Å². The molecule has 0 atom stereocenters. The van der Waals surface area contributed by atoms with E-state index in [1.54, 1.807) is 72.8 Å². The van der Waals surface area contributed by atoms with Crippen molar-refractivity contribution in [2.24, 2.45) is 0 Å². The summed E-state index contributed by atoms with van der Waals surface area (Å²) in [6.07, 6.45) is 1.49. The van der Waals surface area contributed by atoms with Crippen LogP contribution < -0.4 is 16.0 Å². The van der Waals surface area contributed by atoms with Crippen molar-refractivity contribution in [3.8, 4) is 0 Å². The number of anilines is 2. The molecule has 0 fully saturated rings. The maximum atomic E-state index is 13.2. The Hall–Kier alpha value is -4.04. The summed E-state index contributed by atoms with van der Waals surface area (Å²) in [5.74, 6) is -0.855. The van der Waals surface area contributed by atoms with E-state index in [-0.39, 0.29) is 17.4 Å². The number of aryl methyl sites for hydroxylation is 1. The molecule has 4 aromatic rings. The first kappa shape index (κ1) is 29.0. The van der Waals surface area contributed by atoms with Crippen molar-refractivity contribution in [1.29, 1.82) is 0 Å². The van der Waals surface area contributed by atoms with Gasteiger partial charge in [0.15, 0.2) is 0 Å². The van der Waals surface area contributed by atoms with E-state index < -0.39 is 11.8 Å². The number of nitrogens with one attached hydrogen (secondary N) is 3. The summed E-state index contributed by atoms with van der Waals surface area (Å²) >= 11 is 13.7. The summed E-state index contributed by atoms with van der Waals surface area (Å²) in [6, 6.07) is 28.1. The number of halogens is 2. The molecule has 6 nitrogen and oxygen atoms in total. The number of carbonyl (C=O) groups excluding carboxylic acids is 3. The monoisotopic (exact) mass is 589 g/mol. The number of carbonyl (C=O) groups is 3. The summed E-state index contributed by atoms with van der Waals surface area (Å²) < 4.78 is 0. The van der Waals surface area contributed by atoms with E-state index >= 15 is 0 Å². The highest BCUT2D eigenvalue weighted by atomic mass is 35.5. The van der Waals surface area contributed by atoms with Crippen LogP contribution in [0.2, 0.25) is 10.0 Å². The fraction of sp³-hybridized carbons (Fsp3) is 0.0645. The highest BCUT2D eigenvalue weighted by Crippen LogP contribution is 2.24. The predicted molar refractivity (Wildman–Crippen MR) is 164 cm³/mol. The number of benzene rings is 4. The Morgan fingerprint density at radius 1 is 0.800 bits per heavy atom. The van der Waals surface area contributed by atoms with Gasteiger partial charge in [-0.1, -0.05) is 65.2 Å². The molecule has 0 aliphatic rings. The molecular formula is C31H25Cl2N3O3S. The van der Waals surface area contributed by atoms with Gasteiger partial charge in [-0.05, 0) is 79.2 Å². The Morgan fingerprint density at radius 3 is 2.12 bits per heavy atom. The average molecular weight is 591 g/mol. The van der Waals surface area contributed by atoms with Gasteiger partial charge in [-0.3, -0.25) is 14.4 Å². The summed E-state index contributed by atoms with van der Waals surface area (Å²) in [4.78, 5) is 39.2. The zero-order valence-electron chi connectivity index (χ0n) is 21.4. The Labute approximate surface area is 246 Å². The summed E-state index contributed by atoms with van der Waals surface area (Å²) in [6.45, 7) is 1.99. The van der Waals surface area contributed by atoms with Crippen LogP contribution in [0.25, 0.3) is 6.08 Å². The lowest BCUT2D eigenvalue weighted by atomic mass is 10.1. The fourth-order valence-electron chi connectivity index (χ4n) is 3.53. The zero-order chi connectivity index (χ0) is 28.5. The molecule has 0 saturated carbocycles. The summed E-state index contributed by atoms with van der Waals surface area (Å²) in [5, 5.41) is 9.13. The van der Waals surface area contributed by atoms with Gasteiger partial charge in [0.25, 0.3) is 11.8 Å². The quantitative estimate of drug-likeness (QED) is 0.140. The van der Waals surface area contributed by atoms with Crippen molar-refractivity contribution in [2.75, 3.05) is 16.4 Å². The van der Waals surface area contributed by atoms with Crippen LogP contribution in [-0.4, -0.2) is 23.5 Å². The van der Waals surface area contributed by atoms with Crippen molar-refractivity contribution in [3.63, 3.8) is 0 Å². The lowest BCUT2D eigenvalue weighted by Crippen LogP contribution is -2.30. The molecule has 3 N–H and O–H groups in total. The minimum absolute atomic E-state index is 0.00399. The first-order valence-electron chi connectivity index (χ1n) is 12.2. The summed E-state index contributed by atoms with van der Waals surface area (Å²) in [5.41, 5.74) is 3.30. The molecule has 4 rings (SSSR count). The number of hydrogen-bond acceptors (Lipinski definition) is 4. The van der Waals surface area contributed by atoms with Crippen molar-refractivity contribution >= 4 is 70.1 Å². The largest absolute Gasteiger partial charge is 0.325 e. The van der Waals surface area contributed by atoms with Crippen molar-refractivity contribution in [3.05, 3.63) is 129 Å². The highest BCUT2D eigenvalue weighted by molar-refractivity contribution is 8.00. The van der Waals surface area contributed by atoms with Crippen LogP contribution in [0.1, 0.15) is 21.5 Å². The van der Waals surface area contributed by atoms with Crippen molar-refractivity contribution in [2.45, 2.75) is 11.8 Å². The van der Waals surface area contributed by atoms with Crippen LogP contribution in [0, 0.1) is 6.92 Å². The minimum atomic E-state index is -0.534. The first-order chi connectivity index (χ1) is 19.3. The van der Waals surface area contributed by atoms with Gasteiger partial charge < -0.3 is 16.0 Å². The second-order valence-corrected chi connectivity index (χ2v) is 10.6. The molecule has 0 aliphatic carbocycles. The molecule has 202 valence electrons. The highest BCUT2D eigenvalue weighted by Gasteiger charge is 2.16. The van der Waals surface area contributed by atoms with Crippen LogP contribution in [0.4, 0.5) is 11.4 Å².